The van der Waals surface area contributed by atoms with Gasteiger partial charge in [0.25, 0.3) is 0 Å². The van der Waals surface area contributed by atoms with Crippen molar-refractivity contribution in [3.63, 3.8) is 0 Å². The summed E-state index contributed by atoms with van der Waals surface area (Å²) in [6.45, 7) is 10.9. The van der Waals surface area contributed by atoms with Crippen molar-refractivity contribution in [2.45, 2.75) is 77.4 Å². The SMILES string of the molecule is CC(C)(C)OC(=O)N1CCC(=O)N(CCCN2CCCCC2)C[C@H]1CCc1ccccc1. The van der Waals surface area contributed by atoms with Crippen molar-refractivity contribution in [2.24, 2.45) is 0 Å². The van der Waals surface area contributed by atoms with Crippen LogP contribution in [-0.2, 0) is 16.0 Å². The molecule has 6 nitrogen and oxygen atoms in total. The fraction of sp³-hybridized carbons (Fsp3) is 0.692. The smallest absolute Gasteiger partial charge is 0.410 e. The van der Waals surface area contributed by atoms with Crippen LogP contribution in [0, 0.1) is 0 Å². The van der Waals surface area contributed by atoms with Crippen molar-refractivity contribution in [3.8, 4) is 0 Å². The van der Waals surface area contributed by atoms with Crippen LogP contribution in [-0.4, -0.2) is 77.6 Å². The maximum atomic E-state index is 13.0. The molecule has 0 N–H and O–H groups in total. The Morgan fingerprint density at radius 2 is 1.75 bits per heavy atom. The lowest BCUT2D eigenvalue weighted by Gasteiger charge is -2.34. The van der Waals surface area contributed by atoms with Gasteiger partial charge in [0.1, 0.15) is 5.60 Å². The first kappa shape index (κ1) is 24.6. The van der Waals surface area contributed by atoms with Crippen LogP contribution >= 0.6 is 0 Å². The zero-order valence-corrected chi connectivity index (χ0v) is 20.2. The Morgan fingerprint density at radius 3 is 2.44 bits per heavy atom. The van der Waals surface area contributed by atoms with E-state index in [0.29, 0.717) is 19.5 Å². The number of ether oxygens (including phenoxy) is 1. The molecule has 0 bridgehead atoms. The number of aryl methyl sites for hydroxylation is 1. The summed E-state index contributed by atoms with van der Waals surface area (Å²) in [5, 5.41) is 0. The number of hydrogen-bond acceptors (Lipinski definition) is 4. The van der Waals surface area contributed by atoms with E-state index in [0.717, 1.165) is 32.4 Å². The molecular weight excluding hydrogens is 402 g/mol. The van der Waals surface area contributed by atoms with E-state index in [1.165, 1.54) is 37.9 Å². The molecule has 0 aromatic heterocycles. The first-order valence-electron chi connectivity index (χ1n) is 12.4. The molecule has 0 spiro atoms. The lowest BCUT2D eigenvalue weighted by Crippen LogP contribution is -2.47. The molecule has 0 saturated carbocycles. The minimum absolute atomic E-state index is 0.0357. The third-order valence-corrected chi connectivity index (χ3v) is 6.38. The van der Waals surface area contributed by atoms with Gasteiger partial charge < -0.3 is 19.4 Å². The first-order chi connectivity index (χ1) is 15.3. The van der Waals surface area contributed by atoms with E-state index < -0.39 is 5.60 Å². The number of carbonyl (C=O) groups is 2. The lowest BCUT2D eigenvalue weighted by atomic mass is 10.0. The number of amides is 2. The van der Waals surface area contributed by atoms with E-state index in [-0.39, 0.29) is 18.0 Å². The molecule has 1 atom stereocenters. The number of piperidine rings is 1. The van der Waals surface area contributed by atoms with Gasteiger partial charge in [-0.1, -0.05) is 36.8 Å². The van der Waals surface area contributed by atoms with E-state index in [9.17, 15) is 9.59 Å². The van der Waals surface area contributed by atoms with Crippen LogP contribution in [0.25, 0.3) is 0 Å². The molecule has 178 valence electrons. The summed E-state index contributed by atoms with van der Waals surface area (Å²) >= 11 is 0. The third kappa shape index (κ3) is 7.80. The monoisotopic (exact) mass is 443 g/mol. The molecule has 1 aromatic rings. The molecule has 2 heterocycles. The molecule has 0 radical (unpaired) electrons. The van der Waals surface area contributed by atoms with Crippen molar-refractivity contribution in [3.05, 3.63) is 35.9 Å². The Balaban J connectivity index is 1.64. The summed E-state index contributed by atoms with van der Waals surface area (Å²) in [5.41, 5.74) is 0.703. The second-order valence-electron chi connectivity index (χ2n) is 10.2. The summed E-state index contributed by atoms with van der Waals surface area (Å²) < 4.78 is 5.70. The van der Waals surface area contributed by atoms with Crippen LogP contribution in [0.4, 0.5) is 4.79 Å². The molecule has 2 fully saturated rings. The van der Waals surface area contributed by atoms with Gasteiger partial charge in [-0.15, -0.1) is 0 Å². The van der Waals surface area contributed by atoms with E-state index in [2.05, 4.69) is 17.0 Å². The number of rotatable bonds is 7. The fourth-order valence-electron chi connectivity index (χ4n) is 4.68. The average molecular weight is 444 g/mol. The van der Waals surface area contributed by atoms with E-state index in [1.807, 2.05) is 43.9 Å². The maximum absolute atomic E-state index is 13.0. The Morgan fingerprint density at radius 1 is 1.03 bits per heavy atom. The zero-order valence-electron chi connectivity index (χ0n) is 20.2. The predicted octanol–water partition coefficient (Wildman–Crippen LogP) is 4.33. The van der Waals surface area contributed by atoms with E-state index in [1.54, 1.807) is 4.90 Å². The van der Waals surface area contributed by atoms with Gasteiger partial charge in [-0.2, -0.15) is 0 Å². The molecule has 1 aromatic carbocycles. The molecule has 0 aliphatic carbocycles. The van der Waals surface area contributed by atoms with Gasteiger partial charge in [0.2, 0.25) is 5.91 Å². The van der Waals surface area contributed by atoms with Crippen molar-refractivity contribution in [1.82, 2.24) is 14.7 Å². The molecule has 2 amide bonds. The highest BCUT2D eigenvalue weighted by atomic mass is 16.6. The summed E-state index contributed by atoms with van der Waals surface area (Å²) in [6, 6.07) is 10.3. The third-order valence-electron chi connectivity index (χ3n) is 6.38. The standard InChI is InChI=1S/C26H41N3O3/c1-26(2,3)32-25(31)29-20-15-24(30)28(19-10-18-27-16-8-5-9-17-27)21-23(29)14-13-22-11-6-4-7-12-22/h4,6-7,11-12,23H,5,8-10,13-21H2,1-3H3/t23-/m1/s1. The number of nitrogens with zero attached hydrogens (tertiary/aromatic N) is 3. The summed E-state index contributed by atoms with van der Waals surface area (Å²) in [4.78, 5) is 32.2. The van der Waals surface area contributed by atoms with Crippen LogP contribution in [0.1, 0.15) is 64.9 Å². The van der Waals surface area contributed by atoms with Gasteiger partial charge in [-0.3, -0.25) is 4.79 Å². The Bertz CT molecular complexity index is 726. The van der Waals surface area contributed by atoms with Crippen LogP contribution in [0.3, 0.4) is 0 Å². The maximum Gasteiger partial charge on any atom is 0.410 e. The van der Waals surface area contributed by atoms with Gasteiger partial charge in [-0.05, 0) is 78.1 Å². The predicted molar refractivity (Wildman–Crippen MR) is 128 cm³/mol. The summed E-state index contributed by atoms with van der Waals surface area (Å²) in [5.74, 6) is 0.152. The zero-order chi connectivity index (χ0) is 23.0. The van der Waals surface area contributed by atoms with Gasteiger partial charge in [0.15, 0.2) is 0 Å². The molecule has 2 aliphatic heterocycles. The topological polar surface area (TPSA) is 53.1 Å². The number of likely N-dealkylation sites (tertiary alicyclic amines) is 1. The highest BCUT2D eigenvalue weighted by molar-refractivity contribution is 5.78. The van der Waals surface area contributed by atoms with Crippen molar-refractivity contribution < 1.29 is 14.3 Å². The van der Waals surface area contributed by atoms with E-state index in [4.69, 9.17) is 4.74 Å². The molecule has 3 rings (SSSR count). The summed E-state index contributed by atoms with van der Waals surface area (Å²) in [7, 11) is 0. The minimum Gasteiger partial charge on any atom is -0.444 e. The molecular formula is C26H41N3O3. The van der Waals surface area contributed by atoms with Crippen LogP contribution in [0.2, 0.25) is 0 Å². The Kier molecular flexibility index (Phi) is 8.97. The van der Waals surface area contributed by atoms with Crippen LogP contribution in [0.15, 0.2) is 30.3 Å². The highest BCUT2D eigenvalue weighted by Gasteiger charge is 2.34. The summed E-state index contributed by atoms with van der Waals surface area (Å²) in [6.07, 6.45) is 6.65. The molecule has 0 unspecified atom stereocenters. The Hall–Kier alpha value is -2.08. The van der Waals surface area contributed by atoms with Gasteiger partial charge in [0.05, 0.1) is 6.04 Å². The molecule has 2 saturated heterocycles. The largest absolute Gasteiger partial charge is 0.444 e. The molecule has 32 heavy (non-hydrogen) atoms. The second kappa shape index (κ2) is 11.7. The first-order valence-corrected chi connectivity index (χ1v) is 12.4. The van der Waals surface area contributed by atoms with Crippen molar-refractivity contribution in [2.75, 3.05) is 39.3 Å². The lowest BCUT2D eigenvalue weighted by molar-refractivity contribution is -0.130. The van der Waals surface area contributed by atoms with Gasteiger partial charge in [-0.25, -0.2) is 4.79 Å². The van der Waals surface area contributed by atoms with Crippen LogP contribution < -0.4 is 0 Å². The van der Waals surface area contributed by atoms with Gasteiger partial charge in [0, 0.05) is 26.1 Å². The quantitative estimate of drug-likeness (QED) is 0.629. The molecule has 6 heteroatoms. The fourth-order valence-corrected chi connectivity index (χ4v) is 4.68. The highest BCUT2D eigenvalue weighted by Crippen LogP contribution is 2.20. The van der Waals surface area contributed by atoms with Crippen molar-refractivity contribution in [1.29, 1.82) is 0 Å². The van der Waals surface area contributed by atoms with Gasteiger partial charge >= 0.3 is 6.09 Å². The number of hydrogen-bond donors (Lipinski definition) is 0. The minimum atomic E-state index is -0.550. The number of benzene rings is 1. The van der Waals surface area contributed by atoms with Crippen molar-refractivity contribution >= 4 is 12.0 Å². The number of carbonyl (C=O) groups excluding carboxylic acids is 2. The Labute approximate surface area is 193 Å². The average Bonchev–Trinajstić information content (AvgIpc) is 2.91. The van der Waals surface area contributed by atoms with E-state index >= 15 is 0 Å². The normalized spacial score (nSPS) is 20.8. The second-order valence-corrected chi connectivity index (χ2v) is 10.2. The van der Waals surface area contributed by atoms with Crippen LogP contribution in [0.5, 0.6) is 0 Å². The molecule has 2 aliphatic rings.